The molecule has 0 saturated carbocycles. The van der Waals surface area contributed by atoms with E-state index >= 15 is 0 Å². The van der Waals surface area contributed by atoms with Gasteiger partial charge in [0.15, 0.2) is 0 Å². The topological polar surface area (TPSA) is 90.9 Å². The van der Waals surface area contributed by atoms with Crippen molar-refractivity contribution in [1.29, 1.82) is 0 Å². The van der Waals surface area contributed by atoms with Gasteiger partial charge in [-0.2, -0.15) is 0 Å². The fourth-order valence-electron chi connectivity index (χ4n) is 3.19. The van der Waals surface area contributed by atoms with E-state index in [2.05, 4.69) is 20.3 Å². The van der Waals surface area contributed by atoms with E-state index in [1.807, 2.05) is 6.07 Å². The molecule has 23 heavy (non-hydrogen) atoms. The molecule has 0 amide bonds. The van der Waals surface area contributed by atoms with E-state index in [0.29, 0.717) is 5.69 Å². The lowest BCUT2D eigenvalue weighted by molar-refractivity contribution is 0.0697. The van der Waals surface area contributed by atoms with Gasteiger partial charge in [0.25, 0.3) is 0 Å². The molecule has 0 fully saturated rings. The Morgan fingerprint density at radius 3 is 2.96 bits per heavy atom. The molecule has 116 valence electrons. The maximum atomic E-state index is 11.1. The molecule has 1 aromatic carbocycles. The van der Waals surface area contributed by atoms with Crippen LogP contribution in [-0.2, 0) is 12.8 Å². The summed E-state index contributed by atoms with van der Waals surface area (Å²) in [6, 6.07) is 6.73. The second-order valence-electron chi connectivity index (χ2n) is 5.75. The van der Waals surface area contributed by atoms with Crippen LogP contribution in [0, 0.1) is 0 Å². The minimum absolute atomic E-state index is 0.247. The van der Waals surface area contributed by atoms with Gasteiger partial charge in [0.1, 0.15) is 17.8 Å². The van der Waals surface area contributed by atoms with Crippen LogP contribution in [0.5, 0.6) is 0 Å². The van der Waals surface area contributed by atoms with Crippen LogP contribution in [0.25, 0.3) is 11.0 Å². The predicted octanol–water partition coefficient (Wildman–Crippen LogP) is 3.28. The third kappa shape index (κ3) is 2.42. The number of nitrogens with zero attached hydrogens (tertiary/aromatic N) is 2. The Hall–Kier alpha value is -2.89. The highest BCUT2D eigenvalue weighted by Gasteiger charge is 2.19. The molecular formula is C17H16N4O2. The number of hydrogen-bond acceptors (Lipinski definition) is 4. The van der Waals surface area contributed by atoms with E-state index in [1.54, 1.807) is 18.2 Å². The molecule has 3 N–H and O–H groups in total. The number of benzene rings is 1. The molecule has 0 spiro atoms. The maximum Gasteiger partial charge on any atom is 0.335 e. The van der Waals surface area contributed by atoms with Crippen molar-refractivity contribution in [2.45, 2.75) is 25.7 Å². The van der Waals surface area contributed by atoms with Crippen molar-refractivity contribution < 1.29 is 9.90 Å². The number of carboxylic acids is 1. The number of carbonyl (C=O) groups is 1. The zero-order chi connectivity index (χ0) is 15.8. The molecule has 6 heteroatoms. The van der Waals surface area contributed by atoms with E-state index in [0.717, 1.165) is 29.7 Å². The van der Waals surface area contributed by atoms with Crippen LogP contribution >= 0.6 is 0 Å². The molecule has 0 radical (unpaired) electrons. The summed E-state index contributed by atoms with van der Waals surface area (Å²) in [7, 11) is 0. The molecule has 2 aromatic heterocycles. The number of carboxylic acid groups (broad SMARTS) is 1. The molecule has 3 aromatic rings. The standard InChI is InChI=1S/C17H16N4O2/c22-17(23)10-4-3-5-11(8-10)20-15-14-12-6-1-2-7-13(12)21-16(14)19-9-18-15/h3-5,8-9H,1-2,6-7H2,(H,22,23)(H2,18,19,20,21). The maximum absolute atomic E-state index is 11.1. The highest BCUT2D eigenvalue weighted by atomic mass is 16.4. The largest absolute Gasteiger partial charge is 0.478 e. The van der Waals surface area contributed by atoms with Crippen molar-refractivity contribution in [1.82, 2.24) is 15.0 Å². The smallest absolute Gasteiger partial charge is 0.335 e. The lowest BCUT2D eigenvalue weighted by atomic mass is 9.96. The summed E-state index contributed by atoms with van der Waals surface area (Å²) in [6.07, 6.45) is 5.94. The number of aromatic carboxylic acids is 1. The van der Waals surface area contributed by atoms with Crippen LogP contribution in [-0.4, -0.2) is 26.0 Å². The highest BCUT2D eigenvalue weighted by Crippen LogP contribution is 2.33. The summed E-state index contributed by atoms with van der Waals surface area (Å²) in [5.74, 6) is -0.225. The number of hydrogen-bond donors (Lipinski definition) is 3. The van der Waals surface area contributed by atoms with Crippen molar-refractivity contribution in [3.8, 4) is 0 Å². The van der Waals surface area contributed by atoms with E-state index < -0.39 is 5.97 Å². The van der Waals surface area contributed by atoms with Crippen LogP contribution < -0.4 is 5.32 Å². The van der Waals surface area contributed by atoms with Gasteiger partial charge in [-0.25, -0.2) is 14.8 Å². The zero-order valence-corrected chi connectivity index (χ0v) is 12.5. The molecule has 0 aliphatic heterocycles. The Balaban J connectivity index is 1.78. The fourth-order valence-corrected chi connectivity index (χ4v) is 3.19. The first kappa shape index (κ1) is 13.8. The predicted molar refractivity (Wildman–Crippen MR) is 87.2 cm³/mol. The number of anilines is 2. The number of aryl methyl sites for hydroxylation is 2. The first-order chi connectivity index (χ1) is 11.2. The SMILES string of the molecule is O=C(O)c1cccc(Nc2ncnc3[nH]c4c(c23)CCCC4)c1. The van der Waals surface area contributed by atoms with E-state index in [-0.39, 0.29) is 5.56 Å². The monoisotopic (exact) mass is 308 g/mol. The summed E-state index contributed by atoms with van der Waals surface area (Å²) >= 11 is 0. The Labute approximate surface area is 132 Å². The summed E-state index contributed by atoms with van der Waals surface area (Å²) < 4.78 is 0. The van der Waals surface area contributed by atoms with Crippen molar-refractivity contribution in [3.63, 3.8) is 0 Å². The molecule has 2 heterocycles. The van der Waals surface area contributed by atoms with Gasteiger partial charge in [-0.15, -0.1) is 0 Å². The average molecular weight is 308 g/mol. The molecule has 0 saturated heterocycles. The molecule has 1 aliphatic carbocycles. The summed E-state index contributed by atoms with van der Waals surface area (Å²) in [4.78, 5) is 23.2. The summed E-state index contributed by atoms with van der Waals surface area (Å²) in [6.45, 7) is 0. The number of H-pyrrole nitrogens is 1. The van der Waals surface area contributed by atoms with Crippen molar-refractivity contribution in [3.05, 3.63) is 47.4 Å². The van der Waals surface area contributed by atoms with Gasteiger partial charge in [0, 0.05) is 11.4 Å². The highest BCUT2D eigenvalue weighted by molar-refractivity contribution is 5.94. The molecule has 0 unspecified atom stereocenters. The molecule has 1 aliphatic rings. The lowest BCUT2D eigenvalue weighted by Gasteiger charge is -2.12. The van der Waals surface area contributed by atoms with E-state index in [9.17, 15) is 4.79 Å². The summed E-state index contributed by atoms with van der Waals surface area (Å²) in [5, 5.41) is 13.4. The number of aromatic nitrogens is 3. The first-order valence-corrected chi connectivity index (χ1v) is 7.67. The van der Waals surface area contributed by atoms with Crippen LogP contribution in [0.2, 0.25) is 0 Å². The lowest BCUT2D eigenvalue weighted by Crippen LogP contribution is -2.02. The molecule has 4 rings (SSSR count). The Morgan fingerprint density at radius 2 is 2.09 bits per heavy atom. The number of fused-ring (bicyclic) bond motifs is 3. The Bertz CT molecular complexity index is 901. The van der Waals surface area contributed by atoms with Crippen LogP contribution in [0.15, 0.2) is 30.6 Å². The Kier molecular flexibility index (Phi) is 3.22. The summed E-state index contributed by atoms with van der Waals surface area (Å²) in [5.41, 5.74) is 4.31. The molecular weight excluding hydrogens is 292 g/mol. The van der Waals surface area contributed by atoms with Gasteiger partial charge in [-0.3, -0.25) is 0 Å². The van der Waals surface area contributed by atoms with E-state index in [1.165, 1.54) is 30.4 Å². The van der Waals surface area contributed by atoms with Gasteiger partial charge in [-0.1, -0.05) is 6.07 Å². The quantitative estimate of drug-likeness (QED) is 0.690. The van der Waals surface area contributed by atoms with Gasteiger partial charge < -0.3 is 15.4 Å². The van der Waals surface area contributed by atoms with Gasteiger partial charge in [0.05, 0.1) is 10.9 Å². The fraction of sp³-hybridized carbons (Fsp3) is 0.235. The molecule has 6 nitrogen and oxygen atoms in total. The van der Waals surface area contributed by atoms with E-state index in [4.69, 9.17) is 5.11 Å². The van der Waals surface area contributed by atoms with Crippen molar-refractivity contribution in [2.24, 2.45) is 0 Å². The second kappa shape index (κ2) is 5.39. The molecule has 0 bridgehead atoms. The van der Waals surface area contributed by atoms with Crippen LogP contribution in [0.1, 0.15) is 34.5 Å². The van der Waals surface area contributed by atoms with Crippen molar-refractivity contribution >= 4 is 28.5 Å². The minimum Gasteiger partial charge on any atom is -0.478 e. The number of nitrogens with one attached hydrogen (secondary N) is 2. The van der Waals surface area contributed by atoms with Gasteiger partial charge in [-0.05, 0) is 49.4 Å². The third-order valence-corrected chi connectivity index (χ3v) is 4.26. The van der Waals surface area contributed by atoms with Gasteiger partial charge >= 0.3 is 5.97 Å². The minimum atomic E-state index is -0.944. The van der Waals surface area contributed by atoms with Crippen molar-refractivity contribution in [2.75, 3.05) is 5.32 Å². The normalized spacial score (nSPS) is 13.7. The second-order valence-corrected chi connectivity index (χ2v) is 5.75. The Morgan fingerprint density at radius 1 is 1.22 bits per heavy atom. The van der Waals surface area contributed by atoms with Gasteiger partial charge in [0.2, 0.25) is 0 Å². The molecule has 0 atom stereocenters. The average Bonchev–Trinajstić information content (AvgIpc) is 2.94. The first-order valence-electron chi connectivity index (χ1n) is 7.67. The van der Waals surface area contributed by atoms with Crippen LogP contribution in [0.3, 0.4) is 0 Å². The van der Waals surface area contributed by atoms with Crippen LogP contribution in [0.4, 0.5) is 11.5 Å². The number of aromatic amines is 1. The number of rotatable bonds is 3. The third-order valence-electron chi connectivity index (χ3n) is 4.26. The zero-order valence-electron chi connectivity index (χ0n) is 12.5.